The van der Waals surface area contributed by atoms with Crippen LogP contribution in [0.5, 0.6) is 0 Å². The van der Waals surface area contributed by atoms with Crippen molar-refractivity contribution in [1.29, 1.82) is 0 Å². The highest BCUT2D eigenvalue weighted by molar-refractivity contribution is 6.12. The molecule has 0 spiro atoms. The number of para-hydroxylation sites is 3. The maximum absolute atomic E-state index is 6.60. The van der Waals surface area contributed by atoms with Crippen molar-refractivity contribution in [2.75, 3.05) is 0 Å². The van der Waals surface area contributed by atoms with Gasteiger partial charge < -0.3 is 13.4 Å². The molecular formula is C51H30N4O2. The van der Waals surface area contributed by atoms with E-state index in [1.807, 2.05) is 78.9 Å². The van der Waals surface area contributed by atoms with Gasteiger partial charge >= 0.3 is 0 Å². The zero-order valence-electron chi connectivity index (χ0n) is 30.4. The van der Waals surface area contributed by atoms with Gasteiger partial charge in [0.05, 0.1) is 16.6 Å². The Balaban J connectivity index is 0.956. The number of nitrogens with zero attached hydrogens (tertiary/aromatic N) is 4. The molecule has 0 radical (unpaired) electrons. The summed E-state index contributed by atoms with van der Waals surface area (Å²) in [5, 5.41) is 6.67. The van der Waals surface area contributed by atoms with Gasteiger partial charge in [-0.1, -0.05) is 121 Å². The Kier molecular flexibility index (Phi) is 6.83. The fourth-order valence-electron chi connectivity index (χ4n) is 8.37. The first-order chi connectivity index (χ1) is 28.2. The topological polar surface area (TPSA) is 69.9 Å². The lowest BCUT2D eigenvalue weighted by Gasteiger charge is -2.08. The molecule has 266 valence electrons. The summed E-state index contributed by atoms with van der Waals surface area (Å²) in [6.45, 7) is 0. The van der Waals surface area contributed by atoms with Crippen molar-refractivity contribution in [2.45, 2.75) is 0 Å². The highest BCUT2D eigenvalue weighted by Gasteiger charge is 2.19. The van der Waals surface area contributed by atoms with Gasteiger partial charge in [-0.25, -0.2) is 15.0 Å². The molecule has 8 aromatic carbocycles. The van der Waals surface area contributed by atoms with Crippen LogP contribution in [0.3, 0.4) is 0 Å². The third kappa shape index (κ3) is 5.01. The molecule has 0 unspecified atom stereocenters. The van der Waals surface area contributed by atoms with Crippen LogP contribution in [0, 0.1) is 0 Å². The van der Waals surface area contributed by atoms with Gasteiger partial charge in [-0.15, -0.1) is 0 Å². The van der Waals surface area contributed by atoms with Gasteiger partial charge in [0, 0.05) is 49.1 Å². The zero-order chi connectivity index (χ0) is 37.5. The van der Waals surface area contributed by atoms with Crippen LogP contribution in [0.4, 0.5) is 0 Å². The summed E-state index contributed by atoms with van der Waals surface area (Å²) in [4.78, 5) is 14.8. The third-order valence-corrected chi connectivity index (χ3v) is 11.1. The average molecular weight is 731 g/mol. The summed E-state index contributed by atoms with van der Waals surface area (Å²) in [6.07, 6.45) is 0. The molecule has 0 amide bonds. The zero-order valence-corrected chi connectivity index (χ0v) is 30.4. The first kappa shape index (κ1) is 31.5. The molecule has 4 aromatic heterocycles. The van der Waals surface area contributed by atoms with Crippen LogP contribution in [-0.4, -0.2) is 19.5 Å². The van der Waals surface area contributed by atoms with Crippen LogP contribution >= 0.6 is 0 Å². The van der Waals surface area contributed by atoms with Crippen molar-refractivity contribution >= 4 is 65.7 Å². The fourth-order valence-corrected chi connectivity index (χ4v) is 8.37. The minimum absolute atomic E-state index is 0.559. The van der Waals surface area contributed by atoms with E-state index in [0.29, 0.717) is 17.5 Å². The molecule has 0 aliphatic rings. The van der Waals surface area contributed by atoms with Crippen LogP contribution in [0.2, 0.25) is 0 Å². The Morgan fingerprint density at radius 1 is 0.333 bits per heavy atom. The second-order valence-corrected chi connectivity index (χ2v) is 14.4. The van der Waals surface area contributed by atoms with E-state index in [0.717, 1.165) is 77.4 Å². The van der Waals surface area contributed by atoms with E-state index in [2.05, 4.69) is 108 Å². The van der Waals surface area contributed by atoms with Gasteiger partial charge in [0.15, 0.2) is 17.5 Å². The van der Waals surface area contributed by atoms with Crippen molar-refractivity contribution in [3.05, 3.63) is 182 Å². The van der Waals surface area contributed by atoms with Crippen molar-refractivity contribution in [3.8, 4) is 51.0 Å². The number of furan rings is 2. The summed E-state index contributed by atoms with van der Waals surface area (Å²) in [5.74, 6) is 1.78. The third-order valence-electron chi connectivity index (χ3n) is 11.1. The first-order valence-corrected chi connectivity index (χ1v) is 19.0. The van der Waals surface area contributed by atoms with Crippen LogP contribution < -0.4 is 0 Å². The molecule has 0 fully saturated rings. The fraction of sp³-hybridized carbons (Fsp3) is 0. The lowest BCUT2D eigenvalue weighted by Crippen LogP contribution is -2.00. The molecule has 0 saturated heterocycles. The van der Waals surface area contributed by atoms with E-state index in [-0.39, 0.29) is 0 Å². The van der Waals surface area contributed by atoms with E-state index >= 15 is 0 Å². The molecule has 0 bridgehead atoms. The molecule has 4 heterocycles. The molecule has 0 atom stereocenters. The quantitative estimate of drug-likeness (QED) is 0.176. The predicted octanol–water partition coefficient (Wildman–Crippen LogP) is 13.4. The Morgan fingerprint density at radius 3 is 1.61 bits per heavy atom. The number of hydrogen-bond acceptors (Lipinski definition) is 5. The van der Waals surface area contributed by atoms with Gasteiger partial charge in [0.2, 0.25) is 0 Å². The molecule has 57 heavy (non-hydrogen) atoms. The summed E-state index contributed by atoms with van der Waals surface area (Å²) < 4.78 is 15.5. The maximum Gasteiger partial charge on any atom is 0.167 e. The molecular weight excluding hydrogens is 701 g/mol. The van der Waals surface area contributed by atoms with Crippen LogP contribution in [0.15, 0.2) is 191 Å². The number of benzene rings is 8. The van der Waals surface area contributed by atoms with Crippen molar-refractivity contribution in [1.82, 2.24) is 19.5 Å². The standard InChI is InChI=1S/C51H30N4O2/c1-3-12-31(13-4-1)49-52-50(32-14-5-2-6-15-32)54-51(53-49)40-19-11-18-39-41-28-33(23-26-46(41)57-48(39)40)34-22-25-38-42-30-35(24-27-45(42)56-47(38)29-34)55-43-20-9-7-16-36(43)37-17-8-10-21-44(37)55/h1-30H. The van der Waals surface area contributed by atoms with E-state index in [4.69, 9.17) is 23.8 Å². The van der Waals surface area contributed by atoms with E-state index in [9.17, 15) is 0 Å². The molecule has 6 heteroatoms. The van der Waals surface area contributed by atoms with Gasteiger partial charge in [-0.05, 0) is 71.8 Å². The van der Waals surface area contributed by atoms with Crippen molar-refractivity contribution < 1.29 is 8.83 Å². The van der Waals surface area contributed by atoms with Gasteiger partial charge in [0.25, 0.3) is 0 Å². The van der Waals surface area contributed by atoms with Gasteiger partial charge in [-0.3, -0.25) is 0 Å². The molecule has 0 aliphatic heterocycles. The van der Waals surface area contributed by atoms with Gasteiger partial charge in [0.1, 0.15) is 22.3 Å². The predicted molar refractivity (Wildman–Crippen MR) is 230 cm³/mol. The smallest absolute Gasteiger partial charge is 0.167 e. The van der Waals surface area contributed by atoms with E-state index in [1.165, 1.54) is 21.8 Å². The molecule has 0 aliphatic carbocycles. The Morgan fingerprint density at radius 2 is 0.895 bits per heavy atom. The second-order valence-electron chi connectivity index (χ2n) is 14.4. The Labute approximate surface area is 325 Å². The number of hydrogen-bond donors (Lipinski definition) is 0. The van der Waals surface area contributed by atoms with Crippen LogP contribution in [0.1, 0.15) is 0 Å². The average Bonchev–Trinajstić information content (AvgIpc) is 3.95. The monoisotopic (exact) mass is 730 g/mol. The van der Waals surface area contributed by atoms with Crippen LogP contribution in [0.25, 0.3) is 117 Å². The van der Waals surface area contributed by atoms with Crippen LogP contribution in [-0.2, 0) is 0 Å². The highest BCUT2D eigenvalue weighted by atomic mass is 16.3. The summed E-state index contributed by atoms with van der Waals surface area (Å²) >= 11 is 0. The van der Waals surface area contributed by atoms with Crippen molar-refractivity contribution in [2.24, 2.45) is 0 Å². The van der Waals surface area contributed by atoms with Gasteiger partial charge in [-0.2, -0.15) is 0 Å². The SMILES string of the molecule is c1ccc(-c2nc(-c3ccccc3)nc(-c3cccc4c3oc3ccc(-c5ccc6c(c5)oc5ccc(-n7c8ccccc8c8ccccc87)cc56)cc34)n2)cc1. The molecule has 0 N–H and O–H groups in total. The second kappa shape index (κ2) is 12.3. The molecule has 0 saturated carbocycles. The van der Waals surface area contributed by atoms with E-state index < -0.39 is 0 Å². The summed E-state index contributed by atoms with van der Waals surface area (Å²) in [5.41, 5.74) is 11.5. The Hall–Kier alpha value is -7.83. The lowest BCUT2D eigenvalue weighted by molar-refractivity contribution is 0.669. The van der Waals surface area contributed by atoms with E-state index in [1.54, 1.807) is 0 Å². The minimum Gasteiger partial charge on any atom is -0.456 e. The molecule has 12 rings (SSSR count). The van der Waals surface area contributed by atoms with Crippen molar-refractivity contribution in [3.63, 3.8) is 0 Å². The largest absolute Gasteiger partial charge is 0.456 e. The first-order valence-electron chi connectivity index (χ1n) is 19.0. The number of rotatable bonds is 5. The highest BCUT2D eigenvalue weighted by Crippen LogP contribution is 2.40. The lowest BCUT2D eigenvalue weighted by atomic mass is 10.0. The number of aromatic nitrogens is 4. The summed E-state index contributed by atoms with van der Waals surface area (Å²) in [7, 11) is 0. The maximum atomic E-state index is 6.60. The normalized spacial score (nSPS) is 11.9. The minimum atomic E-state index is 0.559. The molecule has 6 nitrogen and oxygen atoms in total. The number of fused-ring (bicyclic) bond motifs is 9. The Bertz CT molecular complexity index is 3410. The summed E-state index contributed by atoms with van der Waals surface area (Å²) in [6, 6.07) is 62.7. The molecule has 12 aromatic rings.